The van der Waals surface area contributed by atoms with Crippen molar-refractivity contribution in [2.45, 2.75) is 38.4 Å². The van der Waals surface area contributed by atoms with Crippen LogP contribution in [0.1, 0.15) is 24.5 Å². The lowest BCUT2D eigenvalue weighted by Crippen LogP contribution is -2.29. The number of hydrogen-bond acceptors (Lipinski definition) is 5. The van der Waals surface area contributed by atoms with Crippen LogP contribution in [0.15, 0.2) is 36.4 Å². The smallest absolute Gasteiger partial charge is 0.127 e. The van der Waals surface area contributed by atoms with Crippen LogP contribution in [0, 0.1) is 0 Å². The molecule has 0 heterocycles. The molecule has 2 atom stereocenters. The number of phenolic OH excluding ortho intramolecular Hbond substituents is 2. The van der Waals surface area contributed by atoms with Crippen LogP contribution in [0.25, 0.3) is 11.1 Å². The molecular formula is C19H24O5. The summed E-state index contributed by atoms with van der Waals surface area (Å²) in [5, 5.41) is 48.9. The molecule has 0 amide bonds. The van der Waals surface area contributed by atoms with Crippen molar-refractivity contribution in [3.63, 3.8) is 0 Å². The minimum absolute atomic E-state index is 0.0156. The van der Waals surface area contributed by atoms with Gasteiger partial charge in [-0.1, -0.05) is 37.3 Å². The van der Waals surface area contributed by atoms with E-state index in [0.29, 0.717) is 24.0 Å². The summed E-state index contributed by atoms with van der Waals surface area (Å²) in [6.45, 7) is 1.39. The molecule has 2 aromatic carbocycles. The summed E-state index contributed by atoms with van der Waals surface area (Å²) in [5.74, 6) is -0.00928. The highest BCUT2D eigenvalue weighted by Crippen LogP contribution is 2.40. The van der Waals surface area contributed by atoms with Crippen molar-refractivity contribution in [3.8, 4) is 22.6 Å². The molecule has 0 saturated carbocycles. The average molecular weight is 332 g/mol. The van der Waals surface area contributed by atoms with Crippen molar-refractivity contribution in [2.75, 3.05) is 6.61 Å². The fourth-order valence-electron chi connectivity index (χ4n) is 2.95. The van der Waals surface area contributed by atoms with Crippen LogP contribution in [-0.4, -0.2) is 44.3 Å². The van der Waals surface area contributed by atoms with Gasteiger partial charge < -0.3 is 25.5 Å². The predicted molar refractivity (Wildman–Crippen MR) is 92.0 cm³/mol. The molecule has 0 spiro atoms. The maximum absolute atomic E-state index is 10.4. The van der Waals surface area contributed by atoms with Crippen molar-refractivity contribution in [3.05, 3.63) is 47.5 Å². The van der Waals surface area contributed by atoms with Crippen LogP contribution in [-0.2, 0) is 12.8 Å². The Morgan fingerprint density at radius 3 is 2.17 bits per heavy atom. The minimum Gasteiger partial charge on any atom is -0.508 e. The Balaban J connectivity index is 2.47. The van der Waals surface area contributed by atoms with Gasteiger partial charge in [-0.2, -0.15) is 0 Å². The van der Waals surface area contributed by atoms with Gasteiger partial charge in [-0.15, -0.1) is 0 Å². The summed E-state index contributed by atoms with van der Waals surface area (Å²) in [6.07, 6.45) is -1.15. The van der Waals surface area contributed by atoms with E-state index in [-0.39, 0.29) is 17.9 Å². The molecule has 5 heteroatoms. The summed E-state index contributed by atoms with van der Waals surface area (Å²) < 4.78 is 0. The maximum atomic E-state index is 10.4. The van der Waals surface area contributed by atoms with E-state index in [0.717, 1.165) is 11.1 Å². The fraction of sp³-hybridized carbons (Fsp3) is 0.368. The van der Waals surface area contributed by atoms with Gasteiger partial charge in [-0.05, 0) is 36.0 Å². The normalized spacial score (nSPS) is 13.7. The van der Waals surface area contributed by atoms with Crippen molar-refractivity contribution in [2.24, 2.45) is 0 Å². The van der Waals surface area contributed by atoms with Gasteiger partial charge in [0.1, 0.15) is 17.6 Å². The molecule has 5 nitrogen and oxygen atoms in total. The second-order valence-electron chi connectivity index (χ2n) is 5.82. The SMILES string of the molecule is CCc1c(O)cc(O)c(-c2ccccc2)c1CCC(O)C(O)CO. The molecule has 0 fully saturated rings. The zero-order valence-corrected chi connectivity index (χ0v) is 13.7. The van der Waals surface area contributed by atoms with Gasteiger partial charge in [-0.3, -0.25) is 0 Å². The van der Waals surface area contributed by atoms with E-state index in [9.17, 15) is 20.4 Å². The third-order valence-electron chi connectivity index (χ3n) is 4.24. The Morgan fingerprint density at radius 1 is 0.917 bits per heavy atom. The zero-order chi connectivity index (χ0) is 17.7. The molecule has 5 N–H and O–H groups in total. The fourth-order valence-corrected chi connectivity index (χ4v) is 2.95. The molecule has 0 radical (unpaired) electrons. The Labute approximate surface area is 141 Å². The Hall–Kier alpha value is -2.08. The van der Waals surface area contributed by atoms with Crippen molar-refractivity contribution in [1.82, 2.24) is 0 Å². The Kier molecular flexibility index (Phi) is 6.20. The lowest BCUT2D eigenvalue weighted by atomic mass is 9.88. The number of aliphatic hydroxyl groups excluding tert-OH is 3. The van der Waals surface area contributed by atoms with E-state index in [4.69, 9.17) is 5.11 Å². The van der Waals surface area contributed by atoms with Gasteiger partial charge >= 0.3 is 0 Å². The maximum Gasteiger partial charge on any atom is 0.127 e. The molecule has 2 aromatic rings. The molecule has 0 aliphatic carbocycles. The standard InChI is InChI=1S/C19H24O5/c1-2-13-14(8-9-15(21)18(24)11-20)19(17(23)10-16(13)22)12-6-4-3-5-7-12/h3-7,10,15,18,20-24H,2,8-9,11H2,1H3. The van der Waals surface area contributed by atoms with Gasteiger partial charge in [0.2, 0.25) is 0 Å². The largest absolute Gasteiger partial charge is 0.508 e. The quantitative estimate of drug-likeness (QED) is 0.534. The van der Waals surface area contributed by atoms with Crippen molar-refractivity contribution < 1.29 is 25.5 Å². The first-order chi connectivity index (χ1) is 11.5. The highest BCUT2D eigenvalue weighted by atomic mass is 16.4. The van der Waals surface area contributed by atoms with E-state index in [1.165, 1.54) is 6.07 Å². The highest BCUT2D eigenvalue weighted by Gasteiger charge is 2.21. The highest BCUT2D eigenvalue weighted by molar-refractivity contribution is 5.76. The molecule has 0 aromatic heterocycles. The van der Waals surface area contributed by atoms with Gasteiger partial charge in [0.25, 0.3) is 0 Å². The first-order valence-corrected chi connectivity index (χ1v) is 8.08. The van der Waals surface area contributed by atoms with Gasteiger partial charge in [0.05, 0.1) is 12.7 Å². The third-order valence-corrected chi connectivity index (χ3v) is 4.24. The van der Waals surface area contributed by atoms with Gasteiger partial charge in [0, 0.05) is 11.6 Å². The number of aromatic hydroxyl groups is 2. The van der Waals surface area contributed by atoms with Crippen molar-refractivity contribution in [1.29, 1.82) is 0 Å². The molecule has 0 aliphatic rings. The van der Waals surface area contributed by atoms with Gasteiger partial charge in [0.15, 0.2) is 0 Å². The molecule has 24 heavy (non-hydrogen) atoms. The van der Waals surface area contributed by atoms with E-state index in [2.05, 4.69) is 0 Å². The second-order valence-corrected chi connectivity index (χ2v) is 5.82. The molecule has 2 rings (SSSR count). The first kappa shape index (κ1) is 18.3. The van der Waals surface area contributed by atoms with E-state index in [1.807, 2.05) is 37.3 Å². The van der Waals surface area contributed by atoms with E-state index >= 15 is 0 Å². The Morgan fingerprint density at radius 2 is 1.58 bits per heavy atom. The van der Waals surface area contributed by atoms with E-state index in [1.54, 1.807) is 0 Å². The third kappa shape index (κ3) is 3.87. The number of phenols is 2. The van der Waals surface area contributed by atoms with Crippen LogP contribution in [0.4, 0.5) is 0 Å². The lowest BCUT2D eigenvalue weighted by molar-refractivity contribution is -0.0173. The van der Waals surface area contributed by atoms with Crippen LogP contribution in [0.5, 0.6) is 11.5 Å². The van der Waals surface area contributed by atoms with E-state index < -0.39 is 18.8 Å². The first-order valence-electron chi connectivity index (χ1n) is 8.08. The minimum atomic E-state index is -1.21. The summed E-state index contributed by atoms with van der Waals surface area (Å²) in [4.78, 5) is 0. The number of hydrogen-bond donors (Lipinski definition) is 5. The monoisotopic (exact) mass is 332 g/mol. The predicted octanol–water partition coefficient (Wildman–Crippen LogP) is 1.97. The van der Waals surface area contributed by atoms with Crippen LogP contribution in [0.3, 0.4) is 0 Å². The molecular weight excluding hydrogens is 308 g/mol. The number of benzene rings is 2. The molecule has 2 unspecified atom stereocenters. The van der Waals surface area contributed by atoms with Crippen LogP contribution in [0.2, 0.25) is 0 Å². The number of rotatable bonds is 7. The summed E-state index contributed by atoms with van der Waals surface area (Å²) in [6, 6.07) is 10.7. The summed E-state index contributed by atoms with van der Waals surface area (Å²) >= 11 is 0. The average Bonchev–Trinajstić information content (AvgIpc) is 2.59. The topological polar surface area (TPSA) is 101 Å². The lowest BCUT2D eigenvalue weighted by Gasteiger charge is -2.20. The molecule has 0 aliphatic heterocycles. The summed E-state index contributed by atoms with van der Waals surface area (Å²) in [7, 11) is 0. The zero-order valence-electron chi connectivity index (χ0n) is 13.7. The second kappa shape index (κ2) is 8.15. The molecule has 0 bridgehead atoms. The van der Waals surface area contributed by atoms with Crippen LogP contribution < -0.4 is 0 Å². The number of aliphatic hydroxyl groups is 3. The van der Waals surface area contributed by atoms with Gasteiger partial charge in [-0.25, -0.2) is 0 Å². The van der Waals surface area contributed by atoms with Crippen molar-refractivity contribution >= 4 is 0 Å². The summed E-state index contributed by atoms with van der Waals surface area (Å²) in [5.41, 5.74) is 2.88. The Bertz CT molecular complexity index is 669. The molecule has 0 saturated heterocycles. The molecule has 130 valence electrons. The van der Waals surface area contributed by atoms with Crippen LogP contribution >= 0.6 is 0 Å².